The van der Waals surface area contributed by atoms with Crippen molar-refractivity contribution in [2.24, 2.45) is 5.92 Å². The average molecular weight is 260 g/mol. The van der Waals surface area contributed by atoms with Crippen molar-refractivity contribution in [1.82, 2.24) is 5.32 Å². The summed E-state index contributed by atoms with van der Waals surface area (Å²) in [6.45, 7) is 11.5. The molecule has 0 aromatic heterocycles. The van der Waals surface area contributed by atoms with Crippen LogP contribution in [0.25, 0.3) is 0 Å². The first-order valence-corrected chi connectivity index (χ1v) is 7.70. The Hall–Kier alpha value is -1.02. The Morgan fingerprint density at radius 3 is 2.79 bits per heavy atom. The Kier molecular flexibility index (Phi) is 4.87. The maximum absolute atomic E-state index is 3.71. The summed E-state index contributed by atoms with van der Waals surface area (Å²) >= 11 is 0. The highest BCUT2D eigenvalue weighted by Gasteiger charge is 2.31. The number of hydrogen-bond acceptors (Lipinski definition) is 2. The van der Waals surface area contributed by atoms with E-state index >= 15 is 0 Å². The van der Waals surface area contributed by atoms with Crippen molar-refractivity contribution >= 4 is 5.69 Å². The molecule has 1 aliphatic rings. The zero-order valence-electron chi connectivity index (χ0n) is 12.8. The lowest BCUT2D eigenvalue weighted by Gasteiger charge is -2.44. The van der Waals surface area contributed by atoms with Gasteiger partial charge in [-0.15, -0.1) is 0 Å². The van der Waals surface area contributed by atoms with Crippen LogP contribution in [0.1, 0.15) is 39.2 Å². The summed E-state index contributed by atoms with van der Waals surface area (Å²) in [6, 6.07) is 10.2. The highest BCUT2D eigenvalue weighted by atomic mass is 15.2. The highest BCUT2D eigenvalue weighted by Crippen LogP contribution is 2.29. The molecule has 0 saturated carbocycles. The molecular formula is C17H28N2. The number of piperidine rings is 1. The van der Waals surface area contributed by atoms with Crippen molar-refractivity contribution in [3.05, 3.63) is 29.8 Å². The van der Waals surface area contributed by atoms with Gasteiger partial charge in [-0.05, 0) is 56.8 Å². The number of nitrogens with zero attached hydrogens (tertiary/aromatic N) is 1. The molecule has 1 heterocycles. The maximum Gasteiger partial charge on any atom is 0.0371 e. The van der Waals surface area contributed by atoms with Crippen LogP contribution in [0.2, 0.25) is 0 Å². The Bertz CT molecular complexity index is 402. The molecule has 1 N–H and O–H groups in total. The SMILES string of the molecule is CCCNC1CCN(c2cccc(C)c2)C(C)C1C. The summed E-state index contributed by atoms with van der Waals surface area (Å²) in [4.78, 5) is 2.57. The van der Waals surface area contributed by atoms with Crippen LogP contribution in [0.5, 0.6) is 0 Å². The first-order chi connectivity index (χ1) is 9.13. The molecule has 3 atom stereocenters. The standard InChI is InChI=1S/C17H28N2/c1-5-10-18-17-9-11-19(15(4)14(17)3)16-8-6-7-13(2)12-16/h6-8,12,14-15,17-18H,5,9-11H2,1-4H3. The number of hydrogen-bond donors (Lipinski definition) is 1. The summed E-state index contributed by atoms with van der Waals surface area (Å²) in [5.74, 6) is 0.695. The Morgan fingerprint density at radius 2 is 2.11 bits per heavy atom. The van der Waals surface area contributed by atoms with E-state index in [0.717, 1.165) is 13.1 Å². The molecule has 0 bridgehead atoms. The minimum atomic E-state index is 0.602. The normalized spacial score (nSPS) is 27.6. The van der Waals surface area contributed by atoms with Gasteiger partial charge in [0.25, 0.3) is 0 Å². The fraction of sp³-hybridized carbons (Fsp3) is 0.647. The lowest BCUT2D eigenvalue weighted by atomic mass is 9.86. The van der Waals surface area contributed by atoms with Crippen molar-refractivity contribution in [3.63, 3.8) is 0 Å². The molecule has 0 amide bonds. The van der Waals surface area contributed by atoms with E-state index in [1.165, 1.54) is 24.1 Å². The summed E-state index contributed by atoms with van der Waals surface area (Å²) < 4.78 is 0. The summed E-state index contributed by atoms with van der Waals surface area (Å²) in [5.41, 5.74) is 2.73. The van der Waals surface area contributed by atoms with Gasteiger partial charge in [0, 0.05) is 24.3 Å². The molecule has 3 unspecified atom stereocenters. The van der Waals surface area contributed by atoms with Crippen LogP contribution in [0.3, 0.4) is 0 Å². The van der Waals surface area contributed by atoms with Crippen LogP contribution in [0.4, 0.5) is 5.69 Å². The van der Waals surface area contributed by atoms with E-state index < -0.39 is 0 Å². The second kappa shape index (κ2) is 6.42. The third-order valence-electron chi connectivity index (χ3n) is 4.56. The number of rotatable bonds is 4. The largest absolute Gasteiger partial charge is 0.368 e. The summed E-state index contributed by atoms with van der Waals surface area (Å²) in [5, 5.41) is 3.71. The molecule has 2 rings (SSSR count). The molecule has 1 saturated heterocycles. The average Bonchev–Trinajstić information content (AvgIpc) is 2.40. The zero-order valence-corrected chi connectivity index (χ0v) is 12.8. The van der Waals surface area contributed by atoms with Gasteiger partial charge in [-0.2, -0.15) is 0 Å². The monoisotopic (exact) mass is 260 g/mol. The smallest absolute Gasteiger partial charge is 0.0371 e. The first kappa shape index (κ1) is 14.4. The lowest BCUT2D eigenvalue weighted by molar-refractivity contribution is 0.271. The third-order valence-corrected chi connectivity index (χ3v) is 4.56. The van der Waals surface area contributed by atoms with Crippen molar-refractivity contribution in [2.45, 2.75) is 52.6 Å². The Morgan fingerprint density at radius 1 is 1.32 bits per heavy atom. The molecule has 106 valence electrons. The van der Waals surface area contributed by atoms with Gasteiger partial charge in [0.05, 0.1) is 0 Å². The topological polar surface area (TPSA) is 15.3 Å². The van der Waals surface area contributed by atoms with Crippen LogP contribution in [-0.4, -0.2) is 25.2 Å². The summed E-state index contributed by atoms with van der Waals surface area (Å²) in [7, 11) is 0. The lowest BCUT2D eigenvalue weighted by Crippen LogP contribution is -2.53. The van der Waals surface area contributed by atoms with E-state index in [0.29, 0.717) is 18.0 Å². The summed E-state index contributed by atoms with van der Waals surface area (Å²) in [6.07, 6.45) is 2.47. The predicted octanol–water partition coefficient (Wildman–Crippen LogP) is 3.60. The van der Waals surface area contributed by atoms with Crippen molar-refractivity contribution in [1.29, 1.82) is 0 Å². The van der Waals surface area contributed by atoms with Gasteiger partial charge in [0.1, 0.15) is 0 Å². The van der Waals surface area contributed by atoms with Gasteiger partial charge >= 0.3 is 0 Å². The van der Waals surface area contributed by atoms with Gasteiger partial charge in [-0.25, -0.2) is 0 Å². The Labute approximate surface area is 118 Å². The minimum Gasteiger partial charge on any atom is -0.368 e. The molecule has 2 nitrogen and oxygen atoms in total. The zero-order chi connectivity index (χ0) is 13.8. The quantitative estimate of drug-likeness (QED) is 0.890. The molecule has 0 radical (unpaired) electrons. The fourth-order valence-electron chi connectivity index (χ4n) is 3.15. The van der Waals surface area contributed by atoms with Crippen molar-refractivity contribution in [3.8, 4) is 0 Å². The van der Waals surface area contributed by atoms with E-state index in [2.05, 4.69) is 62.2 Å². The molecule has 1 fully saturated rings. The van der Waals surface area contributed by atoms with Gasteiger partial charge in [0.15, 0.2) is 0 Å². The van der Waals surface area contributed by atoms with Crippen LogP contribution >= 0.6 is 0 Å². The van der Waals surface area contributed by atoms with E-state index in [4.69, 9.17) is 0 Å². The molecule has 0 aliphatic carbocycles. The molecular weight excluding hydrogens is 232 g/mol. The second-order valence-electron chi connectivity index (χ2n) is 5.98. The number of nitrogens with one attached hydrogen (secondary N) is 1. The molecule has 1 aromatic rings. The van der Waals surface area contributed by atoms with E-state index in [1.54, 1.807) is 0 Å². The Balaban J connectivity index is 2.06. The number of benzene rings is 1. The van der Waals surface area contributed by atoms with E-state index in [1.807, 2.05) is 0 Å². The minimum absolute atomic E-state index is 0.602. The van der Waals surface area contributed by atoms with Crippen molar-refractivity contribution < 1.29 is 0 Å². The van der Waals surface area contributed by atoms with E-state index in [9.17, 15) is 0 Å². The van der Waals surface area contributed by atoms with Gasteiger partial charge in [-0.3, -0.25) is 0 Å². The van der Waals surface area contributed by atoms with E-state index in [-0.39, 0.29) is 0 Å². The number of anilines is 1. The predicted molar refractivity (Wildman–Crippen MR) is 83.8 cm³/mol. The molecule has 2 heteroatoms. The first-order valence-electron chi connectivity index (χ1n) is 7.70. The molecule has 1 aliphatic heterocycles. The third kappa shape index (κ3) is 3.30. The van der Waals surface area contributed by atoms with Gasteiger partial charge in [0.2, 0.25) is 0 Å². The van der Waals surface area contributed by atoms with Crippen LogP contribution < -0.4 is 10.2 Å². The van der Waals surface area contributed by atoms with Crippen LogP contribution in [-0.2, 0) is 0 Å². The van der Waals surface area contributed by atoms with Crippen LogP contribution in [0, 0.1) is 12.8 Å². The highest BCUT2D eigenvalue weighted by molar-refractivity contribution is 5.50. The van der Waals surface area contributed by atoms with Crippen molar-refractivity contribution in [2.75, 3.05) is 18.0 Å². The van der Waals surface area contributed by atoms with Gasteiger partial charge in [-0.1, -0.05) is 26.0 Å². The number of aryl methyl sites for hydroxylation is 1. The van der Waals surface area contributed by atoms with Gasteiger partial charge < -0.3 is 10.2 Å². The molecule has 19 heavy (non-hydrogen) atoms. The second-order valence-corrected chi connectivity index (χ2v) is 5.98. The molecule has 0 spiro atoms. The maximum atomic E-state index is 3.71. The fourth-order valence-corrected chi connectivity index (χ4v) is 3.15. The molecule has 1 aromatic carbocycles. The van der Waals surface area contributed by atoms with Crippen LogP contribution in [0.15, 0.2) is 24.3 Å².